The molecular formula is C24H33N3O2. The number of aromatic nitrogens is 1. The van der Waals surface area contributed by atoms with Crippen LogP contribution in [0.15, 0.2) is 41.6 Å². The number of ether oxygens (including phenoxy) is 1. The van der Waals surface area contributed by atoms with E-state index in [1.165, 1.54) is 18.4 Å². The molecule has 1 aliphatic carbocycles. The van der Waals surface area contributed by atoms with Crippen LogP contribution in [0, 0.1) is 12.8 Å². The molecule has 0 bridgehead atoms. The highest BCUT2D eigenvalue weighted by Crippen LogP contribution is 2.31. The monoisotopic (exact) mass is 395 g/mol. The third kappa shape index (κ3) is 5.72. The summed E-state index contributed by atoms with van der Waals surface area (Å²) in [6.45, 7) is 10.6. The molecular weight excluding hydrogens is 362 g/mol. The number of benzene rings is 1. The average Bonchev–Trinajstić information content (AvgIpc) is 3.52. The van der Waals surface area contributed by atoms with Crippen LogP contribution >= 0.6 is 0 Å². The molecule has 1 saturated carbocycles. The van der Waals surface area contributed by atoms with Crippen molar-refractivity contribution in [3.05, 3.63) is 58.8 Å². The van der Waals surface area contributed by atoms with Gasteiger partial charge in [-0.2, -0.15) is 0 Å². The van der Waals surface area contributed by atoms with Crippen LogP contribution in [-0.4, -0.2) is 34.0 Å². The summed E-state index contributed by atoms with van der Waals surface area (Å²) in [6, 6.07) is 12.4. The van der Waals surface area contributed by atoms with Gasteiger partial charge in [-0.25, -0.2) is 4.98 Å². The minimum atomic E-state index is 0.428. The number of oxime groups is 1. The molecule has 0 amide bonds. The Balaban J connectivity index is 1.80. The maximum atomic E-state index is 9.83. The minimum Gasteiger partial charge on any atom is -0.472 e. The molecule has 3 rings (SSSR count). The lowest BCUT2D eigenvalue weighted by molar-refractivity contribution is 0.284. The quantitative estimate of drug-likeness (QED) is 0.269. The van der Waals surface area contributed by atoms with Crippen molar-refractivity contribution in [1.29, 1.82) is 0 Å². The Morgan fingerprint density at radius 1 is 1.21 bits per heavy atom. The summed E-state index contributed by atoms with van der Waals surface area (Å²) < 4.78 is 6.11. The Hall–Kier alpha value is -2.56. The van der Waals surface area contributed by atoms with Crippen molar-refractivity contribution in [2.75, 3.05) is 13.1 Å². The summed E-state index contributed by atoms with van der Waals surface area (Å²) in [7, 11) is 0. The fraction of sp³-hybridized carbons (Fsp3) is 0.500. The predicted octanol–water partition coefficient (Wildman–Crippen LogP) is 5.35. The smallest absolute Gasteiger partial charge is 0.225 e. The van der Waals surface area contributed by atoms with Crippen molar-refractivity contribution < 1.29 is 9.94 Å². The molecule has 1 fully saturated rings. The molecule has 0 spiro atoms. The highest BCUT2D eigenvalue weighted by atomic mass is 16.5. The van der Waals surface area contributed by atoms with E-state index >= 15 is 0 Å². The Morgan fingerprint density at radius 2 is 1.93 bits per heavy atom. The molecule has 5 heteroatoms. The molecule has 0 unspecified atom stereocenters. The molecule has 1 aromatic carbocycles. The second-order valence-corrected chi connectivity index (χ2v) is 8.30. The van der Waals surface area contributed by atoms with Gasteiger partial charge in [0, 0.05) is 18.8 Å². The van der Waals surface area contributed by atoms with Crippen LogP contribution in [0.25, 0.3) is 0 Å². The van der Waals surface area contributed by atoms with E-state index in [-0.39, 0.29) is 0 Å². The van der Waals surface area contributed by atoms with Gasteiger partial charge in [-0.3, -0.25) is 0 Å². The number of hydrogen-bond acceptors (Lipinski definition) is 4. The largest absolute Gasteiger partial charge is 0.472 e. The van der Waals surface area contributed by atoms with E-state index in [0.717, 1.165) is 36.3 Å². The van der Waals surface area contributed by atoms with Gasteiger partial charge >= 0.3 is 0 Å². The van der Waals surface area contributed by atoms with Gasteiger partial charge in [0.05, 0.1) is 5.56 Å². The summed E-state index contributed by atoms with van der Waals surface area (Å²) >= 11 is 0. The summed E-state index contributed by atoms with van der Waals surface area (Å²) in [6.07, 6.45) is 3.49. The first-order valence-electron chi connectivity index (χ1n) is 10.7. The minimum absolute atomic E-state index is 0.428. The van der Waals surface area contributed by atoms with Gasteiger partial charge in [0.1, 0.15) is 6.61 Å². The normalized spacial score (nSPS) is 14.3. The van der Waals surface area contributed by atoms with Crippen LogP contribution in [0.2, 0.25) is 0 Å². The summed E-state index contributed by atoms with van der Waals surface area (Å²) in [4.78, 5) is 6.76. The van der Waals surface area contributed by atoms with E-state index in [1.54, 1.807) is 0 Å². The third-order valence-corrected chi connectivity index (χ3v) is 5.33. The Kier molecular flexibility index (Phi) is 7.13. The van der Waals surface area contributed by atoms with Gasteiger partial charge in [-0.1, -0.05) is 50.2 Å². The van der Waals surface area contributed by atoms with Gasteiger partial charge in [0.2, 0.25) is 5.88 Å². The SMILES string of the molecule is CCCN(CC1CC1)/C(=N\O)c1ccc(C)nc1OCc1ccc(C(C)C)cc1. The van der Waals surface area contributed by atoms with E-state index in [4.69, 9.17) is 4.74 Å². The summed E-state index contributed by atoms with van der Waals surface area (Å²) in [5, 5.41) is 13.5. The number of amidine groups is 1. The van der Waals surface area contributed by atoms with Crippen molar-refractivity contribution in [2.45, 2.75) is 59.5 Å². The van der Waals surface area contributed by atoms with Gasteiger partial charge in [-0.15, -0.1) is 0 Å². The highest BCUT2D eigenvalue weighted by Gasteiger charge is 2.28. The highest BCUT2D eigenvalue weighted by molar-refractivity contribution is 6.00. The number of aryl methyl sites for hydroxylation is 1. The van der Waals surface area contributed by atoms with Crippen molar-refractivity contribution in [3.63, 3.8) is 0 Å². The van der Waals surface area contributed by atoms with Crippen LogP contribution < -0.4 is 4.74 Å². The second-order valence-electron chi connectivity index (χ2n) is 8.30. The molecule has 0 saturated heterocycles. The molecule has 156 valence electrons. The Morgan fingerprint density at radius 3 is 2.52 bits per heavy atom. The molecule has 29 heavy (non-hydrogen) atoms. The average molecular weight is 396 g/mol. The van der Waals surface area contributed by atoms with Crippen LogP contribution in [-0.2, 0) is 6.61 Å². The van der Waals surface area contributed by atoms with Gasteiger partial charge < -0.3 is 14.8 Å². The number of pyridine rings is 1. The van der Waals surface area contributed by atoms with E-state index in [9.17, 15) is 5.21 Å². The van der Waals surface area contributed by atoms with Gasteiger partial charge in [0.15, 0.2) is 5.84 Å². The topological polar surface area (TPSA) is 58.0 Å². The molecule has 1 aliphatic rings. The van der Waals surface area contributed by atoms with Crippen molar-refractivity contribution in [3.8, 4) is 5.88 Å². The van der Waals surface area contributed by atoms with E-state index in [2.05, 4.69) is 60.1 Å². The van der Waals surface area contributed by atoms with E-state index in [0.29, 0.717) is 30.2 Å². The summed E-state index contributed by atoms with van der Waals surface area (Å²) in [5.74, 6) is 2.27. The number of rotatable bonds is 9. The lowest BCUT2D eigenvalue weighted by Crippen LogP contribution is -2.35. The zero-order valence-corrected chi connectivity index (χ0v) is 18.1. The van der Waals surface area contributed by atoms with Crippen molar-refractivity contribution in [1.82, 2.24) is 9.88 Å². The van der Waals surface area contributed by atoms with Crippen LogP contribution in [0.5, 0.6) is 5.88 Å². The third-order valence-electron chi connectivity index (χ3n) is 5.33. The molecule has 0 aliphatic heterocycles. The first-order valence-corrected chi connectivity index (χ1v) is 10.7. The van der Waals surface area contributed by atoms with Crippen molar-refractivity contribution in [2.24, 2.45) is 11.1 Å². The molecule has 2 aromatic rings. The van der Waals surface area contributed by atoms with E-state index in [1.807, 2.05) is 19.1 Å². The first-order chi connectivity index (χ1) is 14.0. The molecule has 0 atom stereocenters. The Bertz CT molecular complexity index is 827. The van der Waals surface area contributed by atoms with E-state index < -0.39 is 0 Å². The second kappa shape index (κ2) is 9.77. The van der Waals surface area contributed by atoms with Gasteiger partial charge in [0.25, 0.3) is 0 Å². The maximum absolute atomic E-state index is 9.83. The van der Waals surface area contributed by atoms with Crippen LogP contribution in [0.4, 0.5) is 0 Å². The molecule has 0 radical (unpaired) electrons. The fourth-order valence-electron chi connectivity index (χ4n) is 3.42. The fourth-order valence-corrected chi connectivity index (χ4v) is 3.42. The lowest BCUT2D eigenvalue weighted by atomic mass is 10.0. The first kappa shape index (κ1) is 21.2. The van der Waals surface area contributed by atoms with Crippen LogP contribution in [0.1, 0.15) is 68.3 Å². The Labute approximate surface area is 174 Å². The zero-order chi connectivity index (χ0) is 20.8. The molecule has 1 N–H and O–H groups in total. The predicted molar refractivity (Wildman–Crippen MR) is 117 cm³/mol. The lowest BCUT2D eigenvalue weighted by Gasteiger charge is -2.25. The molecule has 1 aromatic heterocycles. The molecule has 5 nitrogen and oxygen atoms in total. The maximum Gasteiger partial charge on any atom is 0.225 e. The molecule has 1 heterocycles. The number of nitrogens with zero attached hydrogens (tertiary/aromatic N) is 3. The van der Waals surface area contributed by atoms with Crippen molar-refractivity contribution >= 4 is 5.84 Å². The van der Waals surface area contributed by atoms with Gasteiger partial charge in [-0.05, 0) is 61.3 Å². The summed E-state index contributed by atoms with van der Waals surface area (Å²) in [5.41, 5.74) is 4.02. The van der Waals surface area contributed by atoms with Crippen LogP contribution in [0.3, 0.4) is 0 Å². The zero-order valence-electron chi connectivity index (χ0n) is 18.1. The standard InChI is InChI=1S/C24H33N3O2/c1-5-14-27(15-19-7-8-19)23(26-28)22-13-6-18(4)25-24(22)29-16-20-9-11-21(12-10-20)17(2)3/h6,9-13,17,19,28H,5,7-8,14-16H2,1-4H3/b26-23-. The number of hydrogen-bond donors (Lipinski definition) is 1.